The van der Waals surface area contributed by atoms with Gasteiger partial charge >= 0.3 is 5.97 Å². The average molecular weight is 741 g/mol. The standard InChI is InChI=1S/C40H36F4N6O4/c1-38(25-6-4-5-23(17-25)20-39(12-13-39)37(52)53-3)11-14-40(43,44)22-54-32-10-16-50(47-32)21-28-26-9-15-45-31(26)19-30(42)33(28)34(51)24-7-8-29(41)27(18-24)35-46-36(38)48-49(35)2/h4-10,15-19,45H,11-14,20-22H2,1-3H3. The Hall–Kier alpha value is -5.79. The van der Waals surface area contributed by atoms with Crippen LogP contribution in [-0.2, 0) is 35.0 Å². The molecule has 1 atom stereocenters. The number of aryl methyl sites for hydroxylation is 1. The first-order valence-electron chi connectivity index (χ1n) is 17.6. The number of hydrogen-bond acceptors (Lipinski definition) is 7. The number of benzene rings is 3. The summed E-state index contributed by atoms with van der Waals surface area (Å²) in [7, 11) is 2.91. The minimum absolute atomic E-state index is 0.00288. The second-order valence-corrected chi connectivity index (χ2v) is 14.5. The number of hydrogen-bond donors (Lipinski definition) is 1. The molecule has 6 bridgehead atoms. The Kier molecular flexibility index (Phi) is 8.46. The summed E-state index contributed by atoms with van der Waals surface area (Å²) in [5.41, 5.74) is -0.0236. The molecule has 1 saturated carbocycles. The van der Waals surface area contributed by atoms with Gasteiger partial charge in [-0.1, -0.05) is 24.3 Å². The summed E-state index contributed by atoms with van der Waals surface area (Å²) in [6.07, 6.45) is 4.10. The number of alkyl halides is 2. The highest BCUT2D eigenvalue weighted by molar-refractivity contribution is 6.12. The molecule has 4 heterocycles. The number of ketones is 1. The fraction of sp³-hybridized carbons (Fsp3) is 0.325. The van der Waals surface area contributed by atoms with E-state index < -0.39 is 47.2 Å². The van der Waals surface area contributed by atoms with Gasteiger partial charge in [0.1, 0.15) is 11.6 Å². The number of nitrogens with one attached hydrogen (secondary N) is 1. The monoisotopic (exact) mass is 740 g/mol. The summed E-state index contributed by atoms with van der Waals surface area (Å²) in [4.78, 5) is 34.5. The summed E-state index contributed by atoms with van der Waals surface area (Å²) in [5, 5.41) is 9.50. The number of carbonyl (C=O) groups excluding carboxylic acids is 2. The average Bonchev–Trinajstić information content (AvgIpc) is 3.44. The van der Waals surface area contributed by atoms with Crippen LogP contribution in [0.3, 0.4) is 0 Å². The van der Waals surface area contributed by atoms with Crippen LogP contribution in [0.15, 0.2) is 73.1 Å². The van der Waals surface area contributed by atoms with Crippen LogP contribution in [0.25, 0.3) is 22.3 Å². The highest BCUT2D eigenvalue weighted by atomic mass is 19.3. The predicted molar refractivity (Wildman–Crippen MR) is 189 cm³/mol. The van der Waals surface area contributed by atoms with Gasteiger partial charge in [-0.3, -0.25) is 14.3 Å². The lowest BCUT2D eigenvalue weighted by Gasteiger charge is -2.30. The molecule has 1 unspecified atom stereocenters. The molecular weight excluding hydrogens is 704 g/mol. The molecule has 0 spiro atoms. The number of halogens is 4. The first-order valence-corrected chi connectivity index (χ1v) is 17.6. The lowest BCUT2D eigenvalue weighted by molar-refractivity contribution is -0.147. The van der Waals surface area contributed by atoms with Crippen LogP contribution < -0.4 is 4.74 Å². The Bertz CT molecular complexity index is 2450. The molecule has 0 radical (unpaired) electrons. The van der Waals surface area contributed by atoms with Gasteiger partial charge in [-0.25, -0.2) is 27.2 Å². The van der Waals surface area contributed by atoms with E-state index in [1.807, 2.05) is 12.1 Å². The number of H-pyrrole nitrogens is 1. The zero-order valence-electron chi connectivity index (χ0n) is 29.8. The van der Waals surface area contributed by atoms with E-state index in [4.69, 9.17) is 14.5 Å². The fourth-order valence-electron chi connectivity index (χ4n) is 7.46. The molecule has 8 rings (SSSR count). The van der Waals surface area contributed by atoms with Gasteiger partial charge in [0, 0.05) is 48.4 Å². The maximum Gasteiger partial charge on any atom is 0.312 e. The molecule has 1 fully saturated rings. The first-order chi connectivity index (χ1) is 25.8. The molecule has 2 aliphatic rings. The number of aromatic nitrogens is 6. The summed E-state index contributed by atoms with van der Waals surface area (Å²) >= 11 is 0. The zero-order valence-corrected chi connectivity index (χ0v) is 29.8. The van der Waals surface area contributed by atoms with E-state index >= 15 is 17.6 Å². The molecular formula is C40H36F4N6O4. The minimum Gasteiger partial charge on any atom is -0.470 e. The van der Waals surface area contributed by atoms with Crippen molar-refractivity contribution in [2.45, 2.75) is 56.9 Å². The molecule has 54 heavy (non-hydrogen) atoms. The van der Waals surface area contributed by atoms with E-state index in [0.29, 0.717) is 35.7 Å². The van der Waals surface area contributed by atoms with Crippen LogP contribution in [0.1, 0.15) is 71.0 Å². The quantitative estimate of drug-likeness (QED) is 0.149. The van der Waals surface area contributed by atoms with E-state index in [1.165, 1.54) is 46.9 Å². The number of rotatable bonds is 4. The molecule has 10 nitrogen and oxygen atoms in total. The first kappa shape index (κ1) is 35.3. The van der Waals surface area contributed by atoms with Crippen molar-refractivity contribution >= 4 is 22.7 Å². The van der Waals surface area contributed by atoms with Gasteiger partial charge in [0.25, 0.3) is 5.92 Å². The van der Waals surface area contributed by atoms with Gasteiger partial charge in [0.15, 0.2) is 24.0 Å². The van der Waals surface area contributed by atoms with Crippen molar-refractivity contribution in [1.29, 1.82) is 0 Å². The van der Waals surface area contributed by atoms with Crippen molar-refractivity contribution < 1.29 is 36.6 Å². The van der Waals surface area contributed by atoms with Crippen LogP contribution in [0.4, 0.5) is 17.6 Å². The van der Waals surface area contributed by atoms with Crippen molar-refractivity contribution in [3.63, 3.8) is 0 Å². The predicted octanol–water partition coefficient (Wildman–Crippen LogP) is 7.33. The third-order valence-corrected chi connectivity index (χ3v) is 10.8. The molecule has 278 valence electrons. The van der Waals surface area contributed by atoms with Crippen LogP contribution >= 0.6 is 0 Å². The second kappa shape index (κ2) is 13.0. The molecule has 1 N–H and O–H groups in total. The number of methoxy groups -OCH3 is 1. The number of fused-ring (bicyclic) bond motifs is 10. The zero-order chi connectivity index (χ0) is 38.0. The van der Waals surface area contributed by atoms with E-state index in [9.17, 15) is 9.59 Å². The van der Waals surface area contributed by atoms with Crippen molar-refractivity contribution in [2.24, 2.45) is 12.5 Å². The smallest absolute Gasteiger partial charge is 0.312 e. The molecule has 0 amide bonds. The van der Waals surface area contributed by atoms with Crippen molar-refractivity contribution in [3.05, 3.63) is 118 Å². The Morgan fingerprint density at radius 3 is 2.59 bits per heavy atom. The van der Waals surface area contributed by atoms with Crippen LogP contribution in [0.2, 0.25) is 0 Å². The Morgan fingerprint density at radius 1 is 1.00 bits per heavy atom. The molecule has 3 aromatic heterocycles. The van der Waals surface area contributed by atoms with Gasteiger partial charge in [0.05, 0.1) is 35.6 Å². The number of carbonyl (C=O) groups is 2. The Balaban J connectivity index is 1.27. The Labute approximate surface area is 307 Å². The summed E-state index contributed by atoms with van der Waals surface area (Å²) in [6, 6.07) is 15.4. The molecule has 0 saturated heterocycles. The lowest BCUT2D eigenvalue weighted by atomic mass is 9.76. The van der Waals surface area contributed by atoms with E-state index in [2.05, 4.69) is 15.2 Å². The molecule has 14 heteroatoms. The van der Waals surface area contributed by atoms with Gasteiger partial charge in [0.2, 0.25) is 5.88 Å². The Morgan fingerprint density at radius 2 is 1.81 bits per heavy atom. The summed E-state index contributed by atoms with van der Waals surface area (Å²) < 4.78 is 76.4. The van der Waals surface area contributed by atoms with Gasteiger partial charge in [-0.15, -0.1) is 5.10 Å². The van der Waals surface area contributed by atoms with Crippen molar-refractivity contribution in [3.8, 4) is 17.3 Å². The molecule has 1 aliphatic heterocycles. The topological polar surface area (TPSA) is 117 Å². The van der Waals surface area contributed by atoms with E-state index in [-0.39, 0.29) is 58.7 Å². The molecule has 1 aliphatic carbocycles. The van der Waals surface area contributed by atoms with Gasteiger partial charge < -0.3 is 14.5 Å². The molecule has 3 aromatic carbocycles. The number of ether oxygens (including phenoxy) is 2. The maximum atomic E-state index is 15.9. The van der Waals surface area contributed by atoms with Gasteiger partial charge in [-0.05, 0) is 79.6 Å². The number of esters is 1. The van der Waals surface area contributed by atoms with Crippen molar-refractivity contribution in [1.82, 2.24) is 29.5 Å². The number of aromatic amines is 1. The SMILES string of the molecule is COC(=O)C1(Cc2cccc(C3(C)CCC(F)(F)COc4ccn(n4)Cc4c(c(F)cc5[nH]ccc45)C(=O)c4ccc(F)c(c4)-c4nc3nn4C)c2)CC1. The minimum atomic E-state index is -3.33. The normalized spacial score (nSPS) is 19.3. The second-order valence-electron chi connectivity index (χ2n) is 14.5. The lowest BCUT2D eigenvalue weighted by Crippen LogP contribution is -2.32. The summed E-state index contributed by atoms with van der Waals surface area (Å²) in [6.45, 7) is 0.675. The maximum absolute atomic E-state index is 15.9. The third kappa shape index (κ3) is 6.22. The van der Waals surface area contributed by atoms with Crippen molar-refractivity contribution in [2.75, 3.05) is 13.7 Å². The molecule has 6 aromatic rings. The highest BCUT2D eigenvalue weighted by Gasteiger charge is 2.51. The fourth-order valence-corrected chi connectivity index (χ4v) is 7.46. The van der Waals surface area contributed by atoms with Crippen LogP contribution in [0.5, 0.6) is 5.88 Å². The largest absolute Gasteiger partial charge is 0.470 e. The van der Waals surface area contributed by atoms with Crippen LogP contribution in [0, 0.1) is 17.0 Å². The highest BCUT2D eigenvalue weighted by Crippen LogP contribution is 2.50. The van der Waals surface area contributed by atoms with Crippen LogP contribution in [-0.4, -0.2) is 60.9 Å². The summed E-state index contributed by atoms with van der Waals surface area (Å²) in [5.74, 6) is -5.72. The number of nitrogens with zero attached hydrogens (tertiary/aromatic N) is 5. The third-order valence-electron chi connectivity index (χ3n) is 10.8. The van der Waals surface area contributed by atoms with E-state index in [1.54, 1.807) is 38.4 Å². The van der Waals surface area contributed by atoms with Gasteiger partial charge in [-0.2, -0.15) is 5.10 Å². The van der Waals surface area contributed by atoms with E-state index in [0.717, 1.165) is 11.6 Å².